The predicted octanol–water partition coefficient (Wildman–Crippen LogP) is -0.456. The van der Waals surface area contributed by atoms with Crippen molar-refractivity contribution in [3.63, 3.8) is 0 Å². The Morgan fingerprint density at radius 2 is 1.68 bits per heavy atom. The summed E-state index contributed by atoms with van der Waals surface area (Å²) in [5.41, 5.74) is 9.88. The molecule has 0 aromatic rings. The van der Waals surface area contributed by atoms with Crippen LogP contribution in [0.2, 0.25) is 0 Å². The van der Waals surface area contributed by atoms with Gasteiger partial charge in [-0.2, -0.15) is 0 Å². The smallest absolute Gasteiger partial charge is 0.436 e. The Kier molecular flexibility index (Phi) is 9.23. The first-order chi connectivity index (χ1) is 10.0. The molecule has 0 radical (unpaired) electrons. The highest BCUT2D eigenvalue weighted by Gasteiger charge is 2.46. The Morgan fingerprint density at radius 1 is 1.14 bits per heavy atom. The van der Waals surface area contributed by atoms with Crippen LogP contribution in [-0.2, 0) is 9.31 Å². The summed E-state index contributed by atoms with van der Waals surface area (Å²) in [7, 11) is -1.58. The summed E-state index contributed by atoms with van der Waals surface area (Å²) >= 11 is 0. The van der Waals surface area contributed by atoms with E-state index in [0.717, 1.165) is 6.42 Å². The number of rotatable bonds is 11. The van der Waals surface area contributed by atoms with Gasteiger partial charge in [-0.15, -0.1) is 0 Å². The van der Waals surface area contributed by atoms with Gasteiger partial charge < -0.3 is 35.9 Å². The molecule has 0 bridgehead atoms. The zero-order valence-corrected chi connectivity index (χ0v) is 14.8. The van der Waals surface area contributed by atoms with Crippen molar-refractivity contribution in [2.45, 2.75) is 64.9 Å². The largest absolute Gasteiger partial charge is 0.551 e. The zero-order chi connectivity index (χ0) is 17.6. The summed E-state index contributed by atoms with van der Waals surface area (Å²) in [6.07, 6.45) is 1.95. The summed E-state index contributed by atoms with van der Waals surface area (Å²) in [6.45, 7) is 9.55. The van der Waals surface area contributed by atoms with Gasteiger partial charge in [0, 0.05) is 0 Å². The number of nitrogens with one attached hydrogen (secondary N) is 1. The lowest BCUT2D eigenvalue weighted by Crippen LogP contribution is -2.64. The normalized spacial score (nSPS) is 17.0. The van der Waals surface area contributed by atoms with Crippen LogP contribution in [0, 0.1) is 5.92 Å². The standard InChI is InChI=1S/C12H32B3N3O4/c1-7-11(4,13(16)19)21-14(17)12(5,9-8-10(2)3)22-15(20)18-6/h10,18-20H,7-9,16-17H2,1-6H3. The van der Waals surface area contributed by atoms with Crippen LogP contribution >= 0.6 is 0 Å². The van der Waals surface area contributed by atoms with Gasteiger partial charge in [0.1, 0.15) is 0 Å². The Balaban J connectivity index is 5.13. The van der Waals surface area contributed by atoms with Crippen LogP contribution in [-0.4, -0.2) is 49.5 Å². The molecule has 2 unspecified atom stereocenters. The Labute approximate surface area is 135 Å². The molecule has 2 atom stereocenters. The van der Waals surface area contributed by atoms with Crippen molar-refractivity contribution in [3.8, 4) is 0 Å². The van der Waals surface area contributed by atoms with Crippen LogP contribution in [0.4, 0.5) is 0 Å². The van der Waals surface area contributed by atoms with E-state index in [4.69, 9.17) is 20.6 Å². The molecular weight excluding hydrogens is 283 g/mol. The molecule has 7 N–H and O–H groups in total. The molecule has 22 heavy (non-hydrogen) atoms. The van der Waals surface area contributed by atoms with E-state index in [1.54, 1.807) is 20.9 Å². The molecule has 0 heterocycles. The van der Waals surface area contributed by atoms with Gasteiger partial charge in [-0.3, -0.25) is 0 Å². The van der Waals surface area contributed by atoms with Crippen molar-refractivity contribution >= 4 is 21.4 Å². The molecule has 128 valence electrons. The van der Waals surface area contributed by atoms with Crippen LogP contribution in [0.3, 0.4) is 0 Å². The second-order valence-electron chi connectivity index (χ2n) is 6.65. The third kappa shape index (κ3) is 6.58. The number of nitrogens with two attached hydrogens (primary N) is 2. The van der Waals surface area contributed by atoms with Gasteiger partial charge in [0.2, 0.25) is 0 Å². The molecular formula is C12H32B3N3O4. The van der Waals surface area contributed by atoms with Crippen molar-refractivity contribution in [1.82, 2.24) is 5.23 Å². The summed E-state index contributed by atoms with van der Waals surface area (Å²) in [5.74, 6) is 0.458. The first kappa shape index (κ1) is 21.9. The van der Waals surface area contributed by atoms with E-state index >= 15 is 0 Å². The van der Waals surface area contributed by atoms with Crippen LogP contribution in [0.5, 0.6) is 0 Å². The maximum absolute atomic E-state index is 9.75. The fourth-order valence-electron chi connectivity index (χ4n) is 1.93. The fourth-order valence-corrected chi connectivity index (χ4v) is 1.93. The van der Waals surface area contributed by atoms with Gasteiger partial charge >= 0.3 is 21.4 Å². The van der Waals surface area contributed by atoms with E-state index in [1.165, 1.54) is 0 Å². The topological polar surface area (TPSA) is 123 Å². The van der Waals surface area contributed by atoms with Crippen LogP contribution < -0.4 is 16.5 Å². The molecule has 0 saturated heterocycles. The molecule has 0 aliphatic rings. The van der Waals surface area contributed by atoms with E-state index in [0.29, 0.717) is 18.8 Å². The van der Waals surface area contributed by atoms with Crippen molar-refractivity contribution in [3.05, 3.63) is 0 Å². The van der Waals surface area contributed by atoms with E-state index in [1.807, 2.05) is 6.92 Å². The lowest BCUT2D eigenvalue weighted by molar-refractivity contribution is 0.0644. The van der Waals surface area contributed by atoms with Crippen molar-refractivity contribution < 1.29 is 19.4 Å². The fraction of sp³-hybridized carbons (Fsp3) is 1.00. The van der Waals surface area contributed by atoms with E-state index in [-0.39, 0.29) is 0 Å². The molecule has 7 nitrogen and oxygen atoms in total. The highest BCUT2D eigenvalue weighted by atomic mass is 16.6. The Morgan fingerprint density at radius 3 is 2.05 bits per heavy atom. The SMILES string of the molecule is CCC(C)(OB(N)C(C)(CCC(C)C)OB(O)NC)B(N)O. The highest BCUT2D eigenvalue weighted by molar-refractivity contribution is 6.56. The second kappa shape index (κ2) is 9.27. The van der Waals surface area contributed by atoms with E-state index < -0.39 is 32.4 Å². The van der Waals surface area contributed by atoms with Gasteiger partial charge in [0.15, 0.2) is 0 Å². The zero-order valence-electron chi connectivity index (χ0n) is 14.8. The van der Waals surface area contributed by atoms with Gasteiger partial charge in [0.05, 0.1) is 11.0 Å². The van der Waals surface area contributed by atoms with E-state index in [2.05, 4.69) is 19.1 Å². The van der Waals surface area contributed by atoms with Gasteiger partial charge in [0.25, 0.3) is 0 Å². The number of hydrogen-bond donors (Lipinski definition) is 5. The van der Waals surface area contributed by atoms with Crippen molar-refractivity contribution in [2.75, 3.05) is 7.05 Å². The maximum Gasteiger partial charge on any atom is 0.551 e. The van der Waals surface area contributed by atoms with Crippen molar-refractivity contribution in [1.29, 1.82) is 0 Å². The third-order valence-electron chi connectivity index (χ3n) is 4.17. The van der Waals surface area contributed by atoms with Crippen LogP contribution in [0.25, 0.3) is 0 Å². The molecule has 0 fully saturated rings. The average molecular weight is 315 g/mol. The average Bonchev–Trinajstić information content (AvgIpc) is 2.44. The highest BCUT2D eigenvalue weighted by Crippen LogP contribution is 2.26. The predicted molar refractivity (Wildman–Crippen MR) is 92.5 cm³/mol. The Bertz CT molecular complexity index is 328. The second-order valence-corrected chi connectivity index (χ2v) is 6.65. The lowest BCUT2D eigenvalue weighted by atomic mass is 9.57. The molecule has 0 rings (SSSR count). The summed E-state index contributed by atoms with van der Waals surface area (Å²) < 4.78 is 11.5. The van der Waals surface area contributed by atoms with Gasteiger partial charge in [-0.25, -0.2) is 0 Å². The first-order valence-electron chi connectivity index (χ1n) is 7.91. The summed E-state index contributed by atoms with van der Waals surface area (Å²) in [5, 5.41) is 22.1. The molecule has 0 spiro atoms. The minimum atomic E-state index is -1.16. The van der Waals surface area contributed by atoms with Gasteiger partial charge in [-0.1, -0.05) is 20.8 Å². The monoisotopic (exact) mass is 315 g/mol. The maximum atomic E-state index is 9.75. The molecule has 0 aliphatic heterocycles. The molecule has 0 aromatic heterocycles. The third-order valence-corrected chi connectivity index (χ3v) is 4.17. The van der Waals surface area contributed by atoms with E-state index in [9.17, 15) is 10.0 Å². The minimum Gasteiger partial charge on any atom is -0.436 e. The molecule has 0 amide bonds. The minimum absolute atomic E-state index is 0.458. The molecule has 0 aromatic carbocycles. The van der Waals surface area contributed by atoms with Crippen LogP contribution in [0.1, 0.15) is 53.9 Å². The quantitative estimate of drug-likeness (QED) is 0.327. The van der Waals surface area contributed by atoms with Crippen LogP contribution in [0.15, 0.2) is 0 Å². The lowest BCUT2D eigenvalue weighted by Gasteiger charge is -2.39. The number of hydrogen-bond acceptors (Lipinski definition) is 7. The summed E-state index contributed by atoms with van der Waals surface area (Å²) in [6, 6.07) is 0. The first-order valence-corrected chi connectivity index (χ1v) is 7.91. The molecule has 10 heteroatoms. The Hall–Kier alpha value is -0.0852. The molecule has 0 aliphatic carbocycles. The van der Waals surface area contributed by atoms with Crippen molar-refractivity contribution in [2.24, 2.45) is 17.2 Å². The molecule has 0 saturated carbocycles. The summed E-state index contributed by atoms with van der Waals surface area (Å²) in [4.78, 5) is 0. The van der Waals surface area contributed by atoms with Gasteiger partial charge in [-0.05, 0) is 46.1 Å².